The van der Waals surface area contributed by atoms with E-state index in [2.05, 4.69) is 19.2 Å². The molecule has 16 heavy (non-hydrogen) atoms. The van der Waals surface area contributed by atoms with Gasteiger partial charge < -0.3 is 11.1 Å². The Kier molecular flexibility index (Phi) is 5.26. The fraction of sp³-hybridized carbons (Fsp3) is 0.923. The van der Waals surface area contributed by atoms with Gasteiger partial charge in [-0.15, -0.1) is 0 Å². The summed E-state index contributed by atoms with van der Waals surface area (Å²) in [5.41, 5.74) is 5.96. The third kappa shape index (κ3) is 4.52. The highest BCUT2D eigenvalue weighted by atomic mass is 16.1. The topological polar surface area (TPSA) is 55.1 Å². The maximum Gasteiger partial charge on any atom is 0.222 e. The highest BCUT2D eigenvalue weighted by molar-refractivity contribution is 5.77. The van der Waals surface area contributed by atoms with Crippen LogP contribution < -0.4 is 11.1 Å². The predicted molar refractivity (Wildman–Crippen MR) is 67.1 cm³/mol. The number of hydrogen-bond acceptors (Lipinski definition) is 2. The van der Waals surface area contributed by atoms with Crippen molar-refractivity contribution < 1.29 is 4.79 Å². The molecule has 0 radical (unpaired) electrons. The molecular formula is C13H26N2O. The first-order valence-corrected chi connectivity index (χ1v) is 6.64. The van der Waals surface area contributed by atoms with Gasteiger partial charge in [0.05, 0.1) is 0 Å². The molecule has 1 rings (SSSR count). The zero-order valence-corrected chi connectivity index (χ0v) is 10.7. The first-order valence-electron chi connectivity index (χ1n) is 6.64. The molecule has 1 atom stereocenters. The lowest BCUT2D eigenvalue weighted by Gasteiger charge is -2.24. The molecule has 0 bridgehead atoms. The largest absolute Gasteiger partial charge is 0.354 e. The third-order valence-electron chi connectivity index (χ3n) is 3.51. The van der Waals surface area contributed by atoms with Crippen LogP contribution in [0, 0.1) is 0 Å². The van der Waals surface area contributed by atoms with Gasteiger partial charge in [0.1, 0.15) is 0 Å². The average Bonchev–Trinajstić information content (AvgIpc) is 2.61. The molecule has 3 heteroatoms. The molecule has 0 aromatic rings. The van der Waals surface area contributed by atoms with Crippen molar-refractivity contribution in [3.63, 3.8) is 0 Å². The maximum absolute atomic E-state index is 11.8. The lowest BCUT2D eigenvalue weighted by atomic mass is 9.94. The van der Waals surface area contributed by atoms with Gasteiger partial charge in [-0.3, -0.25) is 4.79 Å². The van der Waals surface area contributed by atoms with Crippen LogP contribution in [0.4, 0.5) is 0 Å². The van der Waals surface area contributed by atoms with Gasteiger partial charge in [0.15, 0.2) is 0 Å². The van der Waals surface area contributed by atoms with E-state index in [0.29, 0.717) is 6.42 Å². The van der Waals surface area contributed by atoms with Crippen LogP contribution in [0.2, 0.25) is 0 Å². The summed E-state index contributed by atoms with van der Waals surface area (Å²) < 4.78 is 0. The van der Waals surface area contributed by atoms with Crippen LogP contribution in [0.25, 0.3) is 0 Å². The number of hydrogen-bond donors (Lipinski definition) is 2. The Labute approximate surface area is 99.2 Å². The minimum absolute atomic E-state index is 0.132. The molecule has 0 heterocycles. The van der Waals surface area contributed by atoms with Crippen molar-refractivity contribution in [1.82, 2.24) is 5.32 Å². The molecule has 0 aromatic heterocycles. The molecule has 1 unspecified atom stereocenters. The number of amides is 1. The van der Waals surface area contributed by atoms with Crippen molar-refractivity contribution in [2.45, 2.75) is 76.8 Å². The number of nitrogens with one attached hydrogen (secondary N) is 1. The first-order chi connectivity index (χ1) is 7.56. The summed E-state index contributed by atoms with van der Waals surface area (Å²) in [7, 11) is 0. The van der Waals surface area contributed by atoms with E-state index in [-0.39, 0.29) is 17.5 Å². The second-order valence-corrected chi connectivity index (χ2v) is 5.36. The standard InChI is InChI=1S/C13H26N2O/c1-3-4-7-11(2)15-12(16)10-13(14)8-5-6-9-13/h11H,3-10,14H2,1-2H3,(H,15,16). The van der Waals surface area contributed by atoms with Crippen molar-refractivity contribution in [3.8, 4) is 0 Å². The highest BCUT2D eigenvalue weighted by Gasteiger charge is 2.31. The van der Waals surface area contributed by atoms with E-state index in [1.165, 1.54) is 25.7 Å². The second-order valence-electron chi connectivity index (χ2n) is 5.36. The van der Waals surface area contributed by atoms with Gasteiger partial charge in [-0.25, -0.2) is 0 Å². The number of carbonyl (C=O) groups is 1. The Morgan fingerprint density at radius 2 is 2.06 bits per heavy atom. The lowest BCUT2D eigenvalue weighted by molar-refractivity contribution is -0.122. The van der Waals surface area contributed by atoms with Crippen LogP contribution in [0.3, 0.4) is 0 Å². The molecule has 0 saturated heterocycles. The molecule has 0 aliphatic heterocycles. The Balaban J connectivity index is 2.24. The van der Waals surface area contributed by atoms with E-state index < -0.39 is 0 Å². The van der Waals surface area contributed by atoms with Gasteiger partial charge in [-0.1, -0.05) is 32.6 Å². The van der Waals surface area contributed by atoms with E-state index >= 15 is 0 Å². The summed E-state index contributed by atoms with van der Waals surface area (Å²) in [5.74, 6) is 0.132. The molecule has 1 fully saturated rings. The van der Waals surface area contributed by atoms with Crippen LogP contribution in [-0.4, -0.2) is 17.5 Å². The first kappa shape index (κ1) is 13.5. The van der Waals surface area contributed by atoms with E-state index in [4.69, 9.17) is 5.73 Å². The normalized spacial score (nSPS) is 20.7. The van der Waals surface area contributed by atoms with E-state index in [9.17, 15) is 4.79 Å². The van der Waals surface area contributed by atoms with Crippen molar-refractivity contribution in [1.29, 1.82) is 0 Å². The van der Waals surface area contributed by atoms with Gasteiger partial charge >= 0.3 is 0 Å². The Bertz CT molecular complexity index is 222. The Morgan fingerprint density at radius 3 is 2.62 bits per heavy atom. The lowest BCUT2D eigenvalue weighted by Crippen LogP contribution is -2.44. The molecule has 3 nitrogen and oxygen atoms in total. The van der Waals surface area contributed by atoms with Crippen molar-refractivity contribution in [2.75, 3.05) is 0 Å². The van der Waals surface area contributed by atoms with Crippen LogP contribution in [0.1, 0.15) is 65.2 Å². The highest BCUT2D eigenvalue weighted by Crippen LogP contribution is 2.29. The second kappa shape index (κ2) is 6.24. The fourth-order valence-corrected chi connectivity index (χ4v) is 2.48. The summed E-state index contributed by atoms with van der Waals surface area (Å²) in [6.45, 7) is 4.24. The van der Waals surface area contributed by atoms with Crippen LogP contribution >= 0.6 is 0 Å². The van der Waals surface area contributed by atoms with E-state index in [1.807, 2.05) is 0 Å². The molecular weight excluding hydrogens is 200 g/mol. The summed E-state index contributed by atoms with van der Waals surface area (Å²) >= 11 is 0. The molecule has 94 valence electrons. The molecule has 1 aliphatic carbocycles. The monoisotopic (exact) mass is 226 g/mol. The number of rotatable bonds is 6. The van der Waals surface area contributed by atoms with Gasteiger partial charge in [0, 0.05) is 18.0 Å². The minimum atomic E-state index is -0.214. The smallest absolute Gasteiger partial charge is 0.222 e. The molecule has 1 saturated carbocycles. The molecule has 1 amide bonds. The summed E-state index contributed by atoms with van der Waals surface area (Å²) in [5, 5.41) is 3.05. The van der Waals surface area contributed by atoms with Gasteiger partial charge in [-0.05, 0) is 26.2 Å². The molecule has 0 spiro atoms. The van der Waals surface area contributed by atoms with Crippen LogP contribution in [0.15, 0.2) is 0 Å². The van der Waals surface area contributed by atoms with Crippen molar-refractivity contribution in [2.24, 2.45) is 5.73 Å². The maximum atomic E-state index is 11.8. The molecule has 3 N–H and O–H groups in total. The Morgan fingerprint density at radius 1 is 1.44 bits per heavy atom. The number of unbranched alkanes of at least 4 members (excludes halogenated alkanes) is 1. The zero-order valence-electron chi connectivity index (χ0n) is 10.7. The van der Waals surface area contributed by atoms with Crippen LogP contribution in [0.5, 0.6) is 0 Å². The van der Waals surface area contributed by atoms with E-state index in [0.717, 1.165) is 19.3 Å². The SMILES string of the molecule is CCCCC(C)NC(=O)CC1(N)CCCC1. The summed E-state index contributed by atoms with van der Waals surface area (Å²) in [4.78, 5) is 11.8. The molecule has 0 aromatic carbocycles. The summed E-state index contributed by atoms with van der Waals surface area (Å²) in [6.07, 6.45) is 8.29. The van der Waals surface area contributed by atoms with Gasteiger partial charge in [-0.2, -0.15) is 0 Å². The third-order valence-corrected chi connectivity index (χ3v) is 3.51. The molecule has 1 aliphatic rings. The average molecular weight is 226 g/mol. The predicted octanol–water partition coefficient (Wildman–Crippen LogP) is 2.34. The van der Waals surface area contributed by atoms with E-state index in [1.54, 1.807) is 0 Å². The summed E-state index contributed by atoms with van der Waals surface area (Å²) in [6, 6.07) is 0.289. The quantitative estimate of drug-likeness (QED) is 0.730. The van der Waals surface area contributed by atoms with Gasteiger partial charge in [0.25, 0.3) is 0 Å². The number of carbonyl (C=O) groups excluding carboxylic acids is 1. The van der Waals surface area contributed by atoms with Gasteiger partial charge in [0.2, 0.25) is 5.91 Å². The van der Waals surface area contributed by atoms with Crippen molar-refractivity contribution >= 4 is 5.91 Å². The minimum Gasteiger partial charge on any atom is -0.354 e. The van der Waals surface area contributed by atoms with Crippen molar-refractivity contribution in [3.05, 3.63) is 0 Å². The zero-order chi connectivity index (χ0) is 12.0. The number of nitrogens with two attached hydrogens (primary N) is 1. The Hall–Kier alpha value is -0.570. The van der Waals surface area contributed by atoms with Crippen LogP contribution in [-0.2, 0) is 4.79 Å². The fourth-order valence-electron chi connectivity index (χ4n) is 2.48.